The van der Waals surface area contributed by atoms with Gasteiger partial charge in [0, 0.05) is 23.6 Å². The van der Waals surface area contributed by atoms with Gasteiger partial charge in [-0.3, -0.25) is 4.99 Å². The van der Waals surface area contributed by atoms with Gasteiger partial charge in [0.2, 0.25) is 0 Å². The number of aliphatic imine (C=N–C) groups is 1. The Hall–Kier alpha value is -1.46. The Morgan fingerprint density at radius 1 is 1.53 bits per heavy atom. The lowest BCUT2D eigenvalue weighted by Crippen LogP contribution is -2.20. The summed E-state index contributed by atoms with van der Waals surface area (Å²) in [6.45, 7) is 1.91. The zero-order valence-electron chi connectivity index (χ0n) is 10.5. The van der Waals surface area contributed by atoms with E-state index < -0.39 is 0 Å². The summed E-state index contributed by atoms with van der Waals surface area (Å²) in [7, 11) is 1.79. The Labute approximate surface area is 120 Å². The second-order valence-corrected chi connectivity index (χ2v) is 5.21. The Kier molecular flexibility index (Phi) is 4.50. The first-order valence-electron chi connectivity index (χ1n) is 5.72. The van der Waals surface area contributed by atoms with E-state index >= 15 is 0 Å². The molecule has 0 saturated carbocycles. The summed E-state index contributed by atoms with van der Waals surface area (Å²) in [6, 6.07) is 4.15. The molecule has 6 heteroatoms. The summed E-state index contributed by atoms with van der Waals surface area (Å²) in [5.74, 6) is 0.349. The van der Waals surface area contributed by atoms with Crippen molar-refractivity contribution in [1.82, 2.24) is 10.3 Å². The molecule has 0 saturated heterocycles. The van der Waals surface area contributed by atoms with Crippen LogP contribution in [0.3, 0.4) is 0 Å². The topological polar surface area (TPSA) is 37.3 Å². The number of amidine groups is 1. The van der Waals surface area contributed by atoms with Crippen LogP contribution in [0, 0.1) is 5.82 Å². The summed E-state index contributed by atoms with van der Waals surface area (Å²) in [6.07, 6.45) is 1.72. The van der Waals surface area contributed by atoms with Crippen LogP contribution in [0.15, 0.2) is 34.8 Å². The van der Waals surface area contributed by atoms with E-state index in [1.807, 2.05) is 12.3 Å². The van der Waals surface area contributed by atoms with E-state index in [1.165, 1.54) is 23.5 Å². The van der Waals surface area contributed by atoms with Crippen molar-refractivity contribution < 1.29 is 4.39 Å². The number of benzene rings is 1. The number of thiazole rings is 1. The van der Waals surface area contributed by atoms with Gasteiger partial charge in [0.25, 0.3) is 0 Å². The summed E-state index contributed by atoms with van der Waals surface area (Å²) in [4.78, 5) is 8.75. The maximum atomic E-state index is 13.0. The molecule has 0 spiro atoms. The van der Waals surface area contributed by atoms with Crippen molar-refractivity contribution in [2.45, 2.75) is 13.0 Å². The van der Waals surface area contributed by atoms with E-state index in [4.69, 9.17) is 11.6 Å². The van der Waals surface area contributed by atoms with Crippen LogP contribution in [0.1, 0.15) is 23.5 Å². The third kappa shape index (κ3) is 3.30. The van der Waals surface area contributed by atoms with Gasteiger partial charge in [-0.05, 0) is 24.6 Å². The molecule has 2 rings (SSSR count). The minimum Gasteiger partial charge on any atom is -0.371 e. The van der Waals surface area contributed by atoms with Gasteiger partial charge < -0.3 is 5.32 Å². The van der Waals surface area contributed by atoms with Gasteiger partial charge in [-0.2, -0.15) is 0 Å². The quantitative estimate of drug-likeness (QED) is 0.693. The van der Waals surface area contributed by atoms with Crippen molar-refractivity contribution in [3.63, 3.8) is 0 Å². The second kappa shape index (κ2) is 6.12. The minimum absolute atomic E-state index is 0.181. The number of hydrogen-bond donors (Lipinski definition) is 1. The second-order valence-electron chi connectivity index (χ2n) is 3.91. The van der Waals surface area contributed by atoms with Crippen molar-refractivity contribution in [2.75, 3.05) is 7.05 Å². The normalized spacial score (nSPS) is 13.4. The number of rotatable bonds is 3. The lowest BCUT2D eigenvalue weighted by Gasteiger charge is -2.11. The van der Waals surface area contributed by atoms with Gasteiger partial charge in [0.1, 0.15) is 5.82 Å². The molecule has 1 aromatic heterocycles. The van der Waals surface area contributed by atoms with Crippen LogP contribution in [0.5, 0.6) is 0 Å². The van der Waals surface area contributed by atoms with Gasteiger partial charge in [0.05, 0.1) is 6.04 Å². The molecule has 0 bridgehead atoms. The molecule has 0 aliphatic heterocycles. The smallest absolute Gasteiger partial charge is 0.158 e. The molecule has 2 aromatic rings. The zero-order valence-corrected chi connectivity index (χ0v) is 12.1. The molecule has 0 aliphatic rings. The van der Waals surface area contributed by atoms with E-state index in [0.29, 0.717) is 10.9 Å². The third-order valence-electron chi connectivity index (χ3n) is 2.61. The SMILES string of the molecule is CN/C(=N\[C@H](C)c1ccc(F)cc1Cl)c1nccs1. The van der Waals surface area contributed by atoms with Crippen LogP contribution in [0.25, 0.3) is 0 Å². The fraction of sp³-hybridized carbons (Fsp3) is 0.231. The molecule has 0 aliphatic carbocycles. The van der Waals surface area contributed by atoms with Crippen molar-refractivity contribution in [3.05, 3.63) is 51.2 Å². The van der Waals surface area contributed by atoms with E-state index in [-0.39, 0.29) is 11.9 Å². The lowest BCUT2D eigenvalue weighted by atomic mass is 10.1. The van der Waals surface area contributed by atoms with Crippen LogP contribution in [0.4, 0.5) is 4.39 Å². The molecule has 0 unspecified atom stereocenters. The molecule has 0 radical (unpaired) electrons. The van der Waals surface area contributed by atoms with Gasteiger partial charge in [0.15, 0.2) is 10.8 Å². The molecule has 1 heterocycles. The number of aromatic nitrogens is 1. The van der Waals surface area contributed by atoms with Crippen molar-refractivity contribution in [1.29, 1.82) is 0 Å². The van der Waals surface area contributed by atoms with Gasteiger partial charge >= 0.3 is 0 Å². The summed E-state index contributed by atoms with van der Waals surface area (Å²) >= 11 is 7.54. The monoisotopic (exact) mass is 297 g/mol. The summed E-state index contributed by atoms with van der Waals surface area (Å²) in [5, 5.41) is 6.10. The third-order valence-corrected chi connectivity index (χ3v) is 3.71. The first-order valence-corrected chi connectivity index (χ1v) is 6.98. The first kappa shape index (κ1) is 14.0. The number of nitrogens with zero attached hydrogens (tertiary/aromatic N) is 2. The minimum atomic E-state index is -0.348. The molecule has 1 N–H and O–H groups in total. The van der Waals surface area contributed by atoms with Crippen LogP contribution in [0.2, 0.25) is 5.02 Å². The number of halogens is 2. The standard InChI is InChI=1S/C13H13ClFN3S/c1-8(10-4-3-9(15)7-11(10)14)18-12(16-2)13-17-5-6-19-13/h3-8H,1-2H3,(H,16,18)/t8-/m1/s1. The molecule has 100 valence electrons. The first-order chi connectivity index (χ1) is 9.11. The van der Waals surface area contributed by atoms with Gasteiger partial charge in [-0.1, -0.05) is 17.7 Å². The Morgan fingerprint density at radius 2 is 2.32 bits per heavy atom. The highest BCUT2D eigenvalue weighted by Gasteiger charge is 2.12. The van der Waals surface area contributed by atoms with E-state index in [2.05, 4.69) is 15.3 Å². The fourth-order valence-electron chi connectivity index (χ4n) is 1.67. The predicted octanol–water partition coefficient (Wildman–Crippen LogP) is 3.66. The highest BCUT2D eigenvalue weighted by Crippen LogP contribution is 2.26. The summed E-state index contributed by atoms with van der Waals surface area (Å²) in [5.41, 5.74) is 0.785. The highest BCUT2D eigenvalue weighted by atomic mass is 35.5. The van der Waals surface area contributed by atoms with Crippen LogP contribution in [-0.4, -0.2) is 17.9 Å². The van der Waals surface area contributed by atoms with Crippen molar-refractivity contribution in [2.24, 2.45) is 4.99 Å². The molecular weight excluding hydrogens is 285 g/mol. The molecule has 19 heavy (non-hydrogen) atoms. The van der Waals surface area contributed by atoms with Crippen LogP contribution in [-0.2, 0) is 0 Å². The van der Waals surface area contributed by atoms with Gasteiger partial charge in [-0.15, -0.1) is 11.3 Å². The lowest BCUT2D eigenvalue weighted by molar-refractivity contribution is 0.626. The Balaban J connectivity index is 2.30. The van der Waals surface area contributed by atoms with Gasteiger partial charge in [-0.25, -0.2) is 9.37 Å². The molecule has 1 aromatic carbocycles. The number of nitrogens with one attached hydrogen (secondary N) is 1. The highest BCUT2D eigenvalue weighted by molar-refractivity contribution is 7.11. The molecule has 1 atom stereocenters. The predicted molar refractivity (Wildman–Crippen MR) is 77.5 cm³/mol. The maximum absolute atomic E-state index is 13.0. The van der Waals surface area contributed by atoms with E-state index in [0.717, 1.165) is 10.6 Å². The average Bonchev–Trinajstić information content (AvgIpc) is 2.89. The Morgan fingerprint density at radius 3 is 2.89 bits per heavy atom. The van der Waals surface area contributed by atoms with Crippen molar-refractivity contribution >= 4 is 28.8 Å². The molecule has 0 amide bonds. The van der Waals surface area contributed by atoms with Crippen LogP contribution >= 0.6 is 22.9 Å². The number of hydrogen-bond acceptors (Lipinski definition) is 3. The maximum Gasteiger partial charge on any atom is 0.158 e. The molecule has 3 nitrogen and oxygen atoms in total. The average molecular weight is 298 g/mol. The Bertz CT molecular complexity index is 584. The summed E-state index contributed by atoms with van der Waals surface area (Å²) < 4.78 is 13.0. The largest absolute Gasteiger partial charge is 0.371 e. The zero-order chi connectivity index (χ0) is 13.8. The molecule has 0 fully saturated rings. The van der Waals surface area contributed by atoms with E-state index in [1.54, 1.807) is 19.3 Å². The molecular formula is C13H13ClFN3S. The van der Waals surface area contributed by atoms with Crippen LogP contribution < -0.4 is 5.32 Å². The fourth-order valence-corrected chi connectivity index (χ4v) is 2.63. The van der Waals surface area contributed by atoms with E-state index in [9.17, 15) is 4.39 Å². The van der Waals surface area contributed by atoms with Crippen molar-refractivity contribution in [3.8, 4) is 0 Å².